The van der Waals surface area contributed by atoms with E-state index >= 15 is 0 Å². The first-order valence-electron chi connectivity index (χ1n) is 6.82. The van der Waals surface area contributed by atoms with Crippen LogP contribution >= 0.6 is 0 Å². The minimum absolute atomic E-state index is 0.0554. The third-order valence-corrected chi connectivity index (χ3v) is 3.25. The number of Topliss-reactive ketones (excluding diaryl/α,β-unsaturated/α-hetero) is 1. The SMILES string of the molecule is C=C(/C=C\C=C/C)C(c1ccccc1)[C@H](NC)C(C)=O. The molecule has 2 heteroatoms. The Morgan fingerprint density at radius 3 is 2.40 bits per heavy atom. The minimum atomic E-state index is -0.264. The van der Waals surface area contributed by atoms with Gasteiger partial charge >= 0.3 is 0 Å². The van der Waals surface area contributed by atoms with Crippen molar-refractivity contribution < 1.29 is 4.79 Å². The van der Waals surface area contributed by atoms with Gasteiger partial charge in [0.1, 0.15) is 5.78 Å². The van der Waals surface area contributed by atoms with Crippen molar-refractivity contribution in [3.63, 3.8) is 0 Å². The molecule has 0 bridgehead atoms. The molecule has 0 aliphatic carbocycles. The maximum atomic E-state index is 11.9. The zero-order valence-electron chi connectivity index (χ0n) is 12.5. The number of allylic oxidation sites excluding steroid dienone is 4. The Balaban J connectivity index is 3.14. The van der Waals surface area contributed by atoms with Crippen LogP contribution in [0.3, 0.4) is 0 Å². The molecule has 2 atom stereocenters. The molecule has 0 saturated heterocycles. The van der Waals surface area contributed by atoms with E-state index in [1.807, 2.05) is 68.6 Å². The van der Waals surface area contributed by atoms with Gasteiger partial charge in [0.15, 0.2) is 0 Å². The molecule has 106 valence electrons. The number of hydrogen-bond acceptors (Lipinski definition) is 2. The number of rotatable bonds is 7. The van der Waals surface area contributed by atoms with Gasteiger partial charge in [-0.05, 0) is 32.0 Å². The fourth-order valence-electron chi connectivity index (χ4n) is 2.28. The lowest BCUT2D eigenvalue weighted by molar-refractivity contribution is -0.119. The highest BCUT2D eigenvalue weighted by molar-refractivity contribution is 5.83. The van der Waals surface area contributed by atoms with Crippen molar-refractivity contribution in [3.05, 3.63) is 72.4 Å². The van der Waals surface area contributed by atoms with Gasteiger partial charge in [0.2, 0.25) is 0 Å². The Labute approximate surface area is 121 Å². The van der Waals surface area contributed by atoms with Crippen LogP contribution in [0, 0.1) is 0 Å². The van der Waals surface area contributed by atoms with E-state index in [0.29, 0.717) is 0 Å². The van der Waals surface area contributed by atoms with E-state index in [9.17, 15) is 4.79 Å². The van der Waals surface area contributed by atoms with Crippen molar-refractivity contribution in [1.82, 2.24) is 5.32 Å². The first-order chi connectivity index (χ1) is 9.61. The zero-order valence-corrected chi connectivity index (χ0v) is 12.5. The molecule has 0 spiro atoms. The smallest absolute Gasteiger partial charge is 0.147 e. The van der Waals surface area contributed by atoms with Crippen LogP contribution in [0.25, 0.3) is 0 Å². The fourth-order valence-corrected chi connectivity index (χ4v) is 2.28. The molecule has 1 rings (SSSR count). The van der Waals surface area contributed by atoms with Crippen molar-refractivity contribution >= 4 is 5.78 Å². The molecule has 0 amide bonds. The molecule has 0 fully saturated rings. The number of hydrogen-bond donors (Lipinski definition) is 1. The summed E-state index contributed by atoms with van der Waals surface area (Å²) in [5.41, 5.74) is 2.01. The summed E-state index contributed by atoms with van der Waals surface area (Å²) < 4.78 is 0. The van der Waals surface area contributed by atoms with E-state index in [-0.39, 0.29) is 17.7 Å². The number of nitrogens with one attached hydrogen (secondary N) is 1. The molecule has 0 aromatic heterocycles. The average molecular weight is 269 g/mol. The number of likely N-dealkylation sites (N-methyl/N-ethyl adjacent to an activating group) is 1. The van der Waals surface area contributed by atoms with Crippen LogP contribution in [0.4, 0.5) is 0 Å². The average Bonchev–Trinajstić information content (AvgIpc) is 2.45. The van der Waals surface area contributed by atoms with Crippen LogP contribution in [0.15, 0.2) is 66.8 Å². The summed E-state index contributed by atoms with van der Waals surface area (Å²) in [6.07, 6.45) is 7.83. The van der Waals surface area contributed by atoms with Gasteiger partial charge in [0.25, 0.3) is 0 Å². The molecule has 20 heavy (non-hydrogen) atoms. The second kappa shape index (κ2) is 8.28. The molecule has 0 aliphatic rings. The van der Waals surface area contributed by atoms with Gasteiger partial charge in [-0.2, -0.15) is 0 Å². The number of benzene rings is 1. The Hall–Kier alpha value is -1.93. The Kier molecular flexibility index (Phi) is 6.68. The maximum Gasteiger partial charge on any atom is 0.147 e. The van der Waals surface area contributed by atoms with E-state index in [1.54, 1.807) is 6.92 Å². The quantitative estimate of drug-likeness (QED) is 0.766. The summed E-state index contributed by atoms with van der Waals surface area (Å²) in [7, 11) is 1.81. The standard InChI is InChI=1S/C18H23NO/c1-5-6-8-11-14(2)17(18(19-4)15(3)20)16-12-9-7-10-13-16/h5-13,17-19H,2H2,1,3-4H3/b6-5-,11-8-/t17?,18-/m1/s1. The summed E-state index contributed by atoms with van der Waals surface area (Å²) in [6, 6.07) is 9.75. The van der Waals surface area contributed by atoms with Crippen LogP contribution in [0.5, 0.6) is 0 Å². The van der Waals surface area contributed by atoms with E-state index in [1.165, 1.54) is 0 Å². The van der Waals surface area contributed by atoms with Gasteiger partial charge in [-0.1, -0.05) is 61.2 Å². The summed E-state index contributed by atoms with van der Waals surface area (Å²) in [4.78, 5) is 11.9. The van der Waals surface area contributed by atoms with E-state index < -0.39 is 0 Å². The summed E-state index contributed by atoms with van der Waals surface area (Å²) in [6.45, 7) is 7.72. The van der Waals surface area contributed by atoms with Crippen LogP contribution < -0.4 is 5.32 Å². The Morgan fingerprint density at radius 2 is 1.90 bits per heavy atom. The second-order valence-electron chi connectivity index (χ2n) is 4.73. The first kappa shape index (κ1) is 16.1. The van der Waals surface area contributed by atoms with Gasteiger partial charge in [0, 0.05) is 5.92 Å². The molecule has 1 aromatic carbocycles. The molecular formula is C18H23NO. The van der Waals surface area contributed by atoms with Crippen molar-refractivity contribution in [2.24, 2.45) is 0 Å². The third kappa shape index (κ3) is 4.32. The van der Waals surface area contributed by atoms with Crippen LogP contribution in [0.2, 0.25) is 0 Å². The number of carbonyl (C=O) groups is 1. The van der Waals surface area contributed by atoms with Gasteiger partial charge < -0.3 is 5.32 Å². The predicted molar refractivity (Wildman–Crippen MR) is 85.8 cm³/mol. The highest BCUT2D eigenvalue weighted by Crippen LogP contribution is 2.28. The summed E-state index contributed by atoms with van der Waals surface area (Å²) in [5, 5.41) is 3.11. The highest BCUT2D eigenvalue weighted by Gasteiger charge is 2.26. The molecule has 2 nitrogen and oxygen atoms in total. The monoisotopic (exact) mass is 269 g/mol. The number of ketones is 1. The van der Waals surface area contributed by atoms with E-state index in [0.717, 1.165) is 11.1 Å². The predicted octanol–water partition coefficient (Wildman–Crippen LogP) is 3.64. The fraction of sp³-hybridized carbons (Fsp3) is 0.278. The van der Waals surface area contributed by atoms with Gasteiger partial charge in [-0.15, -0.1) is 0 Å². The molecule has 0 radical (unpaired) electrons. The van der Waals surface area contributed by atoms with Gasteiger partial charge in [-0.3, -0.25) is 4.79 Å². The first-order valence-corrected chi connectivity index (χ1v) is 6.82. The van der Waals surface area contributed by atoms with Crippen molar-refractivity contribution in [2.75, 3.05) is 7.05 Å². The second-order valence-corrected chi connectivity index (χ2v) is 4.73. The molecule has 1 aromatic rings. The van der Waals surface area contributed by atoms with Gasteiger partial charge in [0.05, 0.1) is 6.04 Å². The number of carbonyl (C=O) groups excluding carboxylic acids is 1. The lowest BCUT2D eigenvalue weighted by Crippen LogP contribution is -2.38. The Morgan fingerprint density at radius 1 is 1.25 bits per heavy atom. The summed E-state index contributed by atoms with van der Waals surface area (Å²) >= 11 is 0. The lowest BCUT2D eigenvalue weighted by atomic mass is 9.83. The minimum Gasteiger partial charge on any atom is -0.310 e. The summed E-state index contributed by atoms with van der Waals surface area (Å²) in [5.74, 6) is 0.0575. The molecular weight excluding hydrogens is 246 g/mol. The van der Waals surface area contributed by atoms with Gasteiger partial charge in [-0.25, -0.2) is 0 Å². The van der Waals surface area contributed by atoms with Crippen LogP contribution in [-0.2, 0) is 4.79 Å². The lowest BCUT2D eigenvalue weighted by Gasteiger charge is -2.26. The van der Waals surface area contributed by atoms with Crippen LogP contribution in [0.1, 0.15) is 25.3 Å². The normalized spacial score (nSPS) is 14.6. The maximum absolute atomic E-state index is 11.9. The third-order valence-electron chi connectivity index (χ3n) is 3.25. The van der Waals surface area contributed by atoms with Crippen molar-refractivity contribution in [2.45, 2.75) is 25.8 Å². The molecule has 1 N–H and O–H groups in total. The largest absolute Gasteiger partial charge is 0.310 e. The zero-order chi connectivity index (χ0) is 15.0. The Bertz CT molecular complexity index is 499. The highest BCUT2D eigenvalue weighted by atomic mass is 16.1. The van der Waals surface area contributed by atoms with Crippen LogP contribution in [-0.4, -0.2) is 18.9 Å². The molecule has 0 aliphatic heterocycles. The molecule has 1 unspecified atom stereocenters. The molecule has 0 saturated carbocycles. The van der Waals surface area contributed by atoms with E-state index in [4.69, 9.17) is 0 Å². The van der Waals surface area contributed by atoms with Crippen molar-refractivity contribution in [3.8, 4) is 0 Å². The van der Waals surface area contributed by atoms with E-state index in [2.05, 4.69) is 11.9 Å². The topological polar surface area (TPSA) is 29.1 Å². The van der Waals surface area contributed by atoms with Crippen molar-refractivity contribution in [1.29, 1.82) is 0 Å². The molecule has 0 heterocycles.